The van der Waals surface area contributed by atoms with Gasteiger partial charge in [-0.15, -0.1) is 0 Å². The van der Waals surface area contributed by atoms with Gasteiger partial charge in [-0.3, -0.25) is 4.79 Å². The molecule has 1 aliphatic heterocycles. The van der Waals surface area contributed by atoms with E-state index in [9.17, 15) is 4.79 Å². The number of aromatic nitrogens is 3. The fourth-order valence-electron chi connectivity index (χ4n) is 5.21. The Balaban J connectivity index is 1.27. The monoisotopic (exact) mass is 487 g/mol. The zero-order chi connectivity index (χ0) is 25.0. The smallest absolute Gasteiger partial charge is 0.260 e. The summed E-state index contributed by atoms with van der Waals surface area (Å²) in [5.74, 6) is -0.419. The van der Waals surface area contributed by atoms with Crippen LogP contribution in [0.1, 0.15) is 108 Å². The zero-order valence-electron chi connectivity index (χ0n) is 21.8. The van der Waals surface area contributed by atoms with Gasteiger partial charge in [0.25, 0.3) is 5.91 Å². The number of unbranched alkanes of at least 4 members (excludes halogenated alkanes) is 12. The first kappa shape index (κ1) is 26.1. The lowest BCUT2D eigenvalue weighted by Gasteiger charge is -2.15. The van der Waals surface area contributed by atoms with Gasteiger partial charge in [0.1, 0.15) is 17.0 Å². The minimum atomic E-state index is -0.406. The van der Waals surface area contributed by atoms with E-state index in [0.29, 0.717) is 0 Å². The second-order valence-electron chi connectivity index (χ2n) is 10.0. The fourth-order valence-corrected chi connectivity index (χ4v) is 5.21. The molecule has 0 bridgehead atoms. The van der Waals surface area contributed by atoms with E-state index in [-0.39, 0.29) is 5.91 Å². The molecule has 2 heterocycles. The summed E-state index contributed by atoms with van der Waals surface area (Å²) in [5.41, 5.74) is 4.16. The summed E-state index contributed by atoms with van der Waals surface area (Å²) in [5, 5.41) is 17.7. The third-order valence-corrected chi connectivity index (χ3v) is 7.24. The number of benzene rings is 2. The molecule has 3 aromatic rings. The number of rotatable bonds is 16. The summed E-state index contributed by atoms with van der Waals surface area (Å²) in [4.78, 5) is 13.6. The van der Waals surface area contributed by atoms with Gasteiger partial charge in [-0.05, 0) is 31.0 Å². The number of hydrazone groups is 1. The number of hydrogen-bond acceptors (Lipinski definition) is 4. The lowest BCUT2D eigenvalue weighted by atomic mass is 9.90. The van der Waals surface area contributed by atoms with Crippen LogP contribution in [0.15, 0.2) is 53.6 Å². The van der Waals surface area contributed by atoms with Gasteiger partial charge in [0, 0.05) is 5.56 Å². The van der Waals surface area contributed by atoms with Gasteiger partial charge < -0.3 is 0 Å². The molecule has 0 aliphatic carbocycles. The number of fused-ring (bicyclic) bond motifs is 1. The maximum atomic E-state index is 13.6. The molecule has 4 rings (SSSR count). The number of H-pyrrole nitrogens is 1. The molecule has 6 heteroatoms. The van der Waals surface area contributed by atoms with Crippen molar-refractivity contribution in [3.63, 3.8) is 0 Å². The van der Waals surface area contributed by atoms with Crippen molar-refractivity contribution in [1.29, 1.82) is 0 Å². The quantitative estimate of drug-likeness (QED) is 0.208. The van der Waals surface area contributed by atoms with E-state index < -0.39 is 5.92 Å². The van der Waals surface area contributed by atoms with Crippen LogP contribution in [-0.2, 0) is 4.79 Å². The topological polar surface area (TPSA) is 74.2 Å². The van der Waals surface area contributed by atoms with E-state index in [0.717, 1.165) is 40.8 Å². The summed E-state index contributed by atoms with van der Waals surface area (Å²) < 4.78 is 0. The van der Waals surface area contributed by atoms with Crippen LogP contribution in [0.5, 0.6) is 0 Å². The largest absolute Gasteiger partial charge is 0.271 e. The molecule has 6 nitrogen and oxygen atoms in total. The maximum Gasteiger partial charge on any atom is 0.260 e. The number of hydrogen-bond donors (Lipinski definition) is 1. The minimum absolute atomic E-state index is 0.0126. The molecule has 1 N–H and O–H groups in total. The first-order valence-electron chi connectivity index (χ1n) is 14.1. The fraction of sp³-hybridized carbons (Fsp3) is 0.533. The Bertz CT molecular complexity index is 1110. The predicted molar refractivity (Wildman–Crippen MR) is 148 cm³/mol. The Morgan fingerprint density at radius 1 is 0.750 bits per heavy atom. The highest BCUT2D eigenvalue weighted by molar-refractivity contribution is 6.20. The van der Waals surface area contributed by atoms with Gasteiger partial charge in [-0.25, -0.2) is 0 Å². The molecule has 0 radical (unpaired) electrons. The van der Waals surface area contributed by atoms with Crippen LogP contribution in [0.25, 0.3) is 11.0 Å². The molecule has 1 atom stereocenters. The van der Waals surface area contributed by atoms with Gasteiger partial charge in [0.2, 0.25) is 0 Å². The summed E-state index contributed by atoms with van der Waals surface area (Å²) in [6, 6.07) is 15.6. The molecule has 192 valence electrons. The molecule has 1 amide bonds. The first-order valence-corrected chi connectivity index (χ1v) is 14.1. The molecule has 1 aromatic heterocycles. The predicted octanol–water partition coefficient (Wildman–Crippen LogP) is 7.93. The Labute approximate surface area is 215 Å². The van der Waals surface area contributed by atoms with Crippen molar-refractivity contribution < 1.29 is 4.79 Å². The van der Waals surface area contributed by atoms with Crippen LogP contribution >= 0.6 is 0 Å². The van der Waals surface area contributed by atoms with Crippen molar-refractivity contribution >= 4 is 28.3 Å². The summed E-state index contributed by atoms with van der Waals surface area (Å²) >= 11 is 0. The SMILES string of the molecule is CCCCCCCCCCCCCCCC1=NN(c2ccccc2)C(=O)C1c1cccc2n[nH]nc12. The number of anilines is 1. The highest BCUT2D eigenvalue weighted by Gasteiger charge is 2.38. The molecule has 0 fully saturated rings. The average molecular weight is 488 g/mol. The van der Waals surface area contributed by atoms with Crippen LogP contribution in [0.4, 0.5) is 5.69 Å². The number of nitrogens with zero attached hydrogens (tertiary/aromatic N) is 4. The van der Waals surface area contributed by atoms with E-state index in [2.05, 4.69) is 22.3 Å². The lowest BCUT2D eigenvalue weighted by molar-refractivity contribution is -0.118. The van der Waals surface area contributed by atoms with Gasteiger partial charge in [0.15, 0.2) is 0 Å². The van der Waals surface area contributed by atoms with Crippen molar-refractivity contribution in [2.75, 3.05) is 5.01 Å². The van der Waals surface area contributed by atoms with Crippen LogP contribution in [-0.4, -0.2) is 27.0 Å². The number of amides is 1. The number of aromatic amines is 1. The minimum Gasteiger partial charge on any atom is -0.271 e. The maximum absolute atomic E-state index is 13.6. The van der Waals surface area contributed by atoms with E-state index in [1.54, 1.807) is 5.01 Å². The number of nitrogens with one attached hydrogen (secondary N) is 1. The van der Waals surface area contributed by atoms with E-state index in [1.165, 1.54) is 77.0 Å². The Hall–Kier alpha value is -3.02. The highest BCUT2D eigenvalue weighted by atomic mass is 16.2. The second kappa shape index (κ2) is 13.9. The highest BCUT2D eigenvalue weighted by Crippen LogP contribution is 2.34. The van der Waals surface area contributed by atoms with Gasteiger partial charge in [-0.2, -0.15) is 25.5 Å². The van der Waals surface area contributed by atoms with E-state index in [1.807, 2.05) is 48.5 Å². The molecule has 1 unspecified atom stereocenters. The third-order valence-electron chi connectivity index (χ3n) is 7.24. The number of carbonyl (C=O) groups excluding carboxylic acids is 1. The van der Waals surface area contributed by atoms with Gasteiger partial charge in [0.05, 0.1) is 11.4 Å². The number of carbonyl (C=O) groups is 1. The van der Waals surface area contributed by atoms with E-state index in [4.69, 9.17) is 5.10 Å². The van der Waals surface area contributed by atoms with E-state index >= 15 is 0 Å². The molecular weight excluding hydrogens is 446 g/mol. The lowest BCUT2D eigenvalue weighted by Crippen LogP contribution is -2.26. The molecular formula is C30H41N5O. The van der Waals surface area contributed by atoms with Crippen LogP contribution < -0.4 is 5.01 Å². The molecule has 2 aromatic carbocycles. The summed E-state index contributed by atoms with van der Waals surface area (Å²) in [6.45, 7) is 2.28. The Morgan fingerprint density at radius 2 is 1.39 bits per heavy atom. The average Bonchev–Trinajstić information content (AvgIpc) is 3.52. The molecule has 0 saturated heterocycles. The zero-order valence-corrected chi connectivity index (χ0v) is 21.8. The summed E-state index contributed by atoms with van der Waals surface area (Å²) in [7, 11) is 0. The van der Waals surface area contributed by atoms with Crippen molar-refractivity contribution in [2.45, 2.75) is 103 Å². The number of para-hydroxylation sites is 2. The van der Waals surface area contributed by atoms with Crippen LogP contribution in [0, 0.1) is 0 Å². The third kappa shape index (κ3) is 6.80. The first-order chi connectivity index (χ1) is 17.8. The summed E-state index contributed by atoms with van der Waals surface area (Å²) in [6.07, 6.45) is 18.0. The van der Waals surface area contributed by atoms with Crippen molar-refractivity contribution in [1.82, 2.24) is 15.4 Å². The molecule has 36 heavy (non-hydrogen) atoms. The van der Waals surface area contributed by atoms with Crippen molar-refractivity contribution in [3.8, 4) is 0 Å². The standard InChI is InChI=1S/C30H41N5O/c1-2-3-4-5-6-7-8-9-10-11-12-13-17-22-26-28(25-21-18-23-27-29(25)32-34-31-27)30(36)35(33-26)24-19-15-14-16-20-24/h14-16,18-21,23,28H,2-13,17,22H2,1H3,(H,31,32,34). The Kier molecular flexibility index (Phi) is 10.1. The normalized spacial score (nSPS) is 15.7. The van der Waals surface area contributed by atoms with Crippen LogP contribution in [0.2, 0.25) is 0 Å². The van der Waals surface area contributed by atoms with Gasteiger partial charge in [-0.1, -0.05) is 114 Å². The Morgan fingerprint density at radius 3 is 2.06 bits per heavy atom. The molecule has 1 aliphatic rings. The second-order valence-corrected chi connectivity index (χ2v) is 10.0. The molecule has 0 spiro atoms. The van der Waals surface area contributed by atoms with Crippen LogP contribution in [0.3, 0.4) is 0 Å². The van der Waals surface area contributed by atoms with Gasteiger partial charge >= 0.3 is 0 Å². The van der Waals surface area contributed by atoms with Crippen molar-refractivity contribution in [3.05, 3.63) is 54.1 Å². The molecule has 0 saturated carbocycles. The van der Waals surface area contributed by atoms with Crippen molar-refractivity contribution in [2.24, 2.45) is 5.10 Å².